The normalized spacial score (nSPS) is 19.8. The second-order valence-electron chi connectivity index (χ2n) is 5.23. The van der Waals surface area contributed by atoms with Crippen LogP contribution in [0.4, 0.5) is 0 Å². The molecule has 114 valence electrons. The zero-order chi connectivity index (χ0) is 15.3. The van der Waals surface area contributed by atoms with Crippen molar-refractivity contribution in [3.63, 3.8) is 0 Å². The maximum Gasteiger partial charge on any atom is 0.244 e. The van der Waals surface area contributed by atoms with Crippen LogP contribution in [0.3, 0.4) is 0 Å². The molecular weight excluding hydrogens is 286 g/mol. The Kier molecular flexibility index (Phi) is 5.40. The van der Waals surface area contributed by atoms with Crippen molar-refractivity contribution < 1.29 is 13.5 Å². The lowest BCUT2D eigenvalue weighted by Gasteiger charge is -2.32. The van der Waals surface area contributed by atoms with Crippen LogP contribution in [0.5, 0.6) is 0 Å². The number of benzene rings is 1. The first kappa shape index (κ1) is 16.0. The van der Waals surface area contributed by atoms with Gasteiger partial charge in [-0.25, -0.2) is 8.42 Å². The highest BCUT2D eigenvalue weighted by Gasteiger charge is 2.32. The van der Waals surface area contributed by atoms with Crippen molar-refractivity contribution in [3.05, 3.63) is 29.8 Å². The average Bonchev–Trinajstić information content (AvgIpc) is 2.48. The van der Waals surface area contributed by atoms with E-state index in [1.807, 2.05) is 6.92 Å². The van der Waals surface area contributed by atoms with Gasteiger partial charge in [-0.15, -0.1) is 0 Å². The summed E-state index contributed by atoms with van der Waals surface area (Å²) >= 11 is 0. The summed E-state index contributed by atoms with van der Waals surface area (Å²) in [6.45, 7) is 2.50. The molecule has 1 atom stereocenters. The minimum absolute atomic E-state index is 0.0227. The van der Waals surface area contributed by atoms with E-state index in [0.717, 1.165) is 19.3 Å². The van der Waals surface area contributed by atoms with Crippen LogP contribution in [0.1, 0.15) is 38.2 Å². The predicted molar refractivity (Wildman–Crippen MR) is 82.2 cm³/mol. The van der Waals surface area contributed by atoms with Crippen molar-refractivity contribution in [2.45, 2.75) is 43.5 Å². The molecule has 0 bridgehead atoms. The van der Waals surface area contributed by atoms with E-state index in [0.29, 0.717) is 18.5 Å². The number of rotatable bonds is 3. The number of aliphatic hydroxyl groups excluding tert-OH is 1. The molecule has 0 aliphatic carbocycles. The molecule has 1 aliphatic rings. The van der Waals surface area contributed by atoms with Crippen LogP contribution < -0.4 is 0 Å². The second kappa shape index (κ2) is 7.08. The Balaban J connectivity index is 2.38. The topological polar surface area (TPSA) is 57.6 Å². The summed E-state index contributed by atoms with van der Waals surface area (Å²) in [5, 5.41) is 8.78. The molecule has 1 N–H and O–H groups in total. The third kappa shape index (κ3) is 3.65. The summed E-state index contributed by atoms with van der Waals surface area (Å²) in [6.07, 6.45) is 3.22. The zero-order valence-corrected chi connectivity index (χ0v) is 13.1. The minimum atomic E-state index is -3.51. The SMILES string of the molecule is CC1CCCCN1S(=O)(=O)c1ccccc1C#CCCO. The van der Waals surface area contributed by atoms with Crippen LogP contribution in [0, 0.1) is 11.8 Å². The lowest BCUT2D eigenvalue weighted by Crippen LogP contribution is -2.42. The lowest BCUT2D eigenvalue weighted by atomic mass is 10.1. The van der Waals surface area contributed by atoms with Crippen molar-refractivity contribution >= 4 is 10.0 Å². The maximum atomic E-state index is 12.9. The van der Waals surface area contributed by atoms with E-state index < -0.39 is 10.0 Å². The van der Waals surface area contributed by atoms with Gasteiger partial charge in [-0.2, -0.15) is 4.31 Å². The van der Waals surface area contributed by atoms with Gasteiger partial charge in [0.15, 0.2) is 0 Å². The molecule has 0 aromatic heterocycles. The van der Waals surface area contributed by atoms with E-state index in [2.05, 4.69) is 11.8 Å². The molecule has 1 unspecified atom stereocenters. The third-order valence-electron chi connectivity index (χ3n) is 3.68. The average molecular weight is 307 g/mol. The Hall–Kier alpha value is -1.35. The summed E-state index contributed by atoms with van der Waals surface area (Å²) in [5.74, 6) is 5.65. The van der Waals surface area contributed by atoms with Gasteiger partial charge in [0.05, 0.1) is 11.5 Å². The van der Waals surface area contributed by atoms with Crippen LogP contribution in [0.2, 0.25) is 0 Å². The van der Waals surface area contributed by atoms with Crippen molar-refractivity contribution in [1.82, 2.24) is 4.31 Å². The molecule has 1 aromatic rings. The van der Waals surface area contributed by atoms with Crippen LogP contribution in [0.25, 0.3) is 0 Å². The summed E-state index contributed by atoms with van der Waals surface area (Å²) < 4.78 is 27.3. The Morgan fingerprint density at radius 2 is 2.10 bits per heavy atom. The van der Waals surface area contributed by atoms with Crippen LogP contribution in [-0.4, -0.2) is 37.0 Å². The first-order valence-electron chi connectivity index (χ1n) is 7.28. The van der Waals surface area contributed by atoms with Gasteiger partial charge in [0.2, 0.25) is 10.0 Å². The van der Waals surface area contributed by atoms with Gasteiger partial charge in [0, 0.05) is 24.6 Å². The lowest BCUT2D eigenvalue weighted by molar-refractivity contribution is 0.268. The minimum Gasteiger partial charge on any atom is -0.395 e. The Bertz CT molecular complexity index is 643. The molecule has 1 aliphatic heterocycles. The monoisotopic (exact) mass is 307 g/mol. The highest BCUT2D eigenvalue weighted by atomic mass is 32.2. The third-order valence-corrected chi connectivity index (χ3v) is 5.75. The van der Waals surface area contributed by atoms with Crippen molar-refractivity contribution in [2.75, 3.05) is 13.2 Å². The molecular formula is C16H21NO3S. The molecule has 21 heavy (non-hydrogen) atoms. The number of sulfonamides is 1. The Morgan fingerprint density at radius 3 is 2.81 bits per heavy atom. The molecule has 1 heterocycles. The summed E-state index contributed by atoms with van der Waals surface area (Å²) in [6, 6.07) is 6.86. The van der Waals surface area contributed by atoms with Crippen molar-refractivity contribution in [1.29, 1.82) is 0 Å². The fraction of sp³-hybridized carbons (Fsp3) is 0.500. The number of aliphatic hydroxyl groups is 1. The molecule has 5 heteroatoms. The molecule has 0 saturated carbocycles. The predicted octanol–water partition coefficient (Wildman–Crippen LogP) is 1.98. The fourth-order valence-electron chi connectivity index (χ4n) is 2.56. The Labute approximate surface area is 126 Å². The van der Waals surface area contributed by atoms with E-state index >= 15 is 0 Å². The molecule has 1 aromatic carbocycles. The van der Waals surface area contributed by atoms with Gasteiger partial charge in [-0.05, 0) is 31.9 Å². The number of piperidine rings is 1. The molecule has 2 rings (SSSR count). The first-order valence-corrected chi connectivity index (χ1v) is 8.72. The smallest absolute Gasteiger partial charge is 0.244 e. The van der Waals surface area contributed by atoms with Gasteiger partial charge in [-0.3, -0.25) is 0 Å². The quantitative estimate of drug-likeness (QED) is 0.869. The molecule has 4 nitrogen and oxygen atoms in total. The summed E-state index contributed by atoms with van der Waals surface area (Å²) in [5.41, 5.74) is 0.503. The number of hydrogen-bond donors (Lipinski definition) is 1. The van der Waals surface area contributed by atoms with Gasteiger partial charge < -0.3 is 5.11 Å². The van der Waals surface area contributed by atoms with E-state index in [1.54, 1.807) is 28.6 Å². The van der Waals surface area contributed by atoms with E-state index in [9.17, 15) is 8.42 Å². The molecule has 0 amide bonds. The summed E-state index contributed by atoms with van der Waals surface area (Å²) in [7, 11) is -3.51. The Morgan fingerprint density at radius 1 is 1.33 bits per heavy atom. The van der Waals surface area contributed by atoms with E-state index in [1.165, 1.54) is 0 Å². The highest BCUT2D eigenvalue weighted by molar-refractivity contribution is 7.89. The number of hydrogen-bond acceptors (Lipinski definition) is 3. The molecule has 1 fully saturated rings. The van der Waals surface area contributed by atoms with E-state index in [-0.39, 0.29) is 17.5 Å². The highest BCUT2D eigenvalue weighted by Crippen LogP contribution is 2.26. The molecule has 1 saturated heterocycles. The van der Waals surface area contributed by atoms with Crippen molar-refractivity contribution in [3.8, 4) is 11.8 Å². The van der Waals surface area contributed by atoms with Crippen LogP contribution in [-0.2, 0) is 10.0 Å². The summed E-state index contributed by atoms with van der Waals surface area (Å²) in [4.78, 5) is 0.268. The van der Waals surface area contributed by atoms with E-state index in [4.69, 9.17) is 5.11 Å². The molecule has 0 radical (unpaired) electrons. The van der Waals surface area contributed by atoms with Crippen molar-refractivity contribution in [2.24, 2.45) is 0 Å². The second-order valence-corrected chi connectivity index (χ2v) is 7.09. The molecule has 0 spiro atoms. The first-order chi connectivity index (χ1) is 10.1. The van der Waals surface area contributed by atoms with Gasteiger partial charge in [-0.1, -0.05) is 30.4 Å². The van der Waals surface area contributed by atoms with Crippen LogP contribution in [0.15, 0.2) is 29.2 Å². The van der Waals surface area contributed by atoms with Gasteiger partial charge in [0.25, 0.3) is 0 Å². The maximum absolute atomic E-state index is 12.9. The fourth-order valence-corrected chi connectivity index (χ4v) is 4.41. The number of nitrogens with zero attached hydrogens (tertiary/aromatic N) is 1. The van der Waals surface area contributed by atoms with Crippen LogP contribution >= 0.6 is 0 Å². The zero-order valence-electron chi connectivity index (χ0n) is 12.2. The van der Waals surface area contributed by atoms with Gasteiger partial charge in [0.1, 0.15) is 0 Å². The largest absolute Gasteiger partial charge is 0.395 e. The standard InChI is InChI=1S/C16H21NO3S/c1-14-8-4-6-12-17(14)21(19,20)16-11-3-2-9-15(16)10-5-7-13-18/h2-3,9,11,14,18H,4,6-8,12-13H2,1H3. The van der Waals surface area contributed by atoms with Gasteiger partial charge >= 0.3 is 0 Å².